The zero-order chi connectivity index (χ0) is 21.5. The van der Waals surface area contributed by atoms with Crippen LogP contribution in [-0.2, 0) is 0 Å². The number of nitrogens with zero attached hydrogens (tertiary/aromatic N) is 1. The number of nitrogens with one attached hydrogen (secondary N) is 1. The van der Waals surface area contributed by atoms with Gasteiger partial charge in [0.25, 0.3) is 0 Å². The first-order chi connectivity index (χ1) is 14.5. The van der Waals surface area contributed by atoms with Gasteiger partial charge in [0, 0.05) is 11.9 Å². The van der Waals surface area contributed by atoms with E-state index >= 15 is 0 Å². The van der Waals surface area contributed by atoms with Crippen molar-refractivity contribution in [2.24, 2.45) is 0 Å². The van der Waals surface area contributed by atoms with E-state index in [9.17, 15) is 9.18 Å². The molecule has 6 nitrogen and oxygen atoms in total. The molecule has 2 aromatic carbocycles. The quantitative estimate of drug-likeness (QED) is 0.423. The van der Waals surface area contributed by atoms with E-state index in [-0.39, 0.29) is 11.6 Å². The molecule has 0 aliphatic carbocycles. The smallest absolute Gasteiger partial charge is 0.203 e. The van der Waals surface area contributed by atoms with Crippen molar-refractivity contribution in [1.29, 1.82) is 0 Å². The topological polar surface area (TPSA) is 69.7 Å². The van der Waals surface area contributed by atoms with E-state index in [1.165, 1.54) is 39.5 Å². The second-order valence-electron chi connectivity index (χ2n) is 6.19. The Bertz CT molecular complexity index is 1040. The fourth-order valence-corrected chi connectivity index (χ4v) is 2.83. The number of anilines is 2. The van der Waals surface area contributed by atoms with Gasteiger partial charge in [-0.3, -0.25) is 4.79 Å². The van der Waals surface area contributed by atoms with Gasteiger partial charge in [-0.1, -0.05) is 6.08 Å². The van der Waals surface area contributed by atoms with Crippen LogP contribution in [0.3, 0.4) is 0 Å². The van der Waals surface area contributed by atoms with Crippen molar-refractivity contribution in [1.82, 2.24) is 4.98 Å². The highest BCUT2D eigenvalue weighted by molar-refractivity contribution is 6.10. The fraction of sp³-hybridized carbons (Fsp3) is 0.130. The first-order valence-corrected chi connectivity index (χ1v) is 9.05. The molecule has 0 aliphatic rings. The van der Waals surface area contributed by atoms with Crippen molar-refractivity contribution >= 4 is 23.4 Å². The van der Waals surface area contributed by atoms with E-state index in [1.54, 1.807) is 48.7 Å². The van der Waals surface area contributed by atoms with Crippen molar-refractivity contribution in [3.8, 4) is 17.2 Å². The van der Waals surface area contributed by atoms with Crippen molar-refractivity contribution in [2.75, 3.05) is 26.6 Å². The Morgan fingerprint density at radius 1 is 1.00 bits per heavy atom. The summed E-state index contributed by atoms with van der Waals surface area (Å²) in [5, 5.41) is 3.04. The van der Waals surface area contributed by atoms with Gasteiger partial charge in [0.05, 0.1) is 26.9 Å². The molecule has 0 saturated heterocycles. The van der Waals surface area contributed by atoms with Crippen LogP contribution in [0.25, 0.3) is 6.08 Å². The first-order valence-electron chi connectivity index (χ1n) is 9.05. The van der Waals surface area contributed by atoms with Crippen molar-refractivity contribution in [3.63, 3.8) is 0 Å². The van der Waals surface area contributed by atoms with E-state index in [4.69, 9.17) is 14.2 Å². The summed E-state index contributed by atoms with van der Waals surface area (Å²) in [5.74, 6) is 1.24. The molecule has 0 spiro atoms. The maximum atomic E-state index is 13.1. The average Bonchev–Trinajstić information content (AvgIpc) is 2.78. The number of pyridine rings is 1. The van der Waals surface area contributed by atoms with Gasteiger partial charge in [-0.15, -0.1) is 0 Å². The van der Waals surface area contributed by atoms with Gasteiger partial charge in [-0.2, -0.15) is 0 Å². The number of benzene rings is 2. The maximum Gasteiger partial charge on any atom is 0.203 e. The molecule has 0 aliphatic heterocycles. The molecule has 1 aromatic heterocycles. The van der Waals surface area contributed by atoms with E-state index in [0.717, 1.165) is 0 Å². The molecule has 0 saturated carbocycles. The molecule has 0 bridgehead atoms. The number of halogens is 1. The molecule has 7 heteroatoms. The lowest BCUT2D eigenvalue weighted by Crippen LogP contribution is -2.03. The normalized spacial score (nSPS) is 10.7. The minimum Gasteiger partial charge on any atom is -0.493 e. The third-order valence-electron chi connectivity index (χ3n) is 4.29. The molecular weight excluding hydrogens is 387 g/mol. The van der Waals surface area contributed by atoms with Gasteiger partial charge in [-0.25, -0.2) is 9.37 Å². The Hall–Kier alpha value is -3.87. The second kappa shape index (κ2) is 9.56. The largest absolute Gasteiger partial charge is 0.493 e. The Kier molecular flexibility index (Phi) is 6.64. The summed E-state index contributed by atoms with van der Waals surface area (Å²) in [5.41, 5.74) is 1.71. The first kappa shape index (κ1) is 20.9. The zero-order valence-electron chi connectivity index (χ0n) is 16.8. The summed E-state index contributed by atoms with van der Waals surface area (Å²) in [7, 11) is 4.58. The van der Waals surface area contributed by atoms with Gasteiger partial charge < -0.3 is 19.5 Å². The molecule has 0 atom stereocenters. The van der Waals surface area contributed by atoms with Crippen molar-refractivity contribution in [3.05, 3.63) is 77.7 Å². The van der Waals surface area contributed by atoms with Gasteiger partial charge in [0.2, 0.25) is 5.75 Å². The predicted octanol–water partition coefficient (Wildman–Crippen LogP) is 4.89. The Morgan fingerprint density at radius 2 is 1.67 bits per heavy atom. The van der Waals surface area contributed by atoms with Crippen LogP contribution in [0.15, 0.2) is 60.8 Å². The predicted molar refractivity (Wildman–Crippen MR) is 113 cm³/mol. The van der Waals surface area contributed by atoms with Crippen molar-refractivity contribution in [2.45, 2.75) is 0 Å². The summed E-state index contributed by atoms with van der Waals surface area (Å²) in [6.07, 6.45) is 4.67. The SMILES string of the molecule is COc1cc(/C=C/C(=O)c2cccnc2Nc2ccc(F)cc2)cc(OC)c1OC. The lowest BCUT2D eigenvalue weighted by molar-refractivity contribution is 0.104. The van der Waals surface area contributed by atoms with E-state index in [1.807, 2.05) is 0 Å². The van der Waals surface area contributed by atoms with E-state index in [2.05, 4.69) is 10.3 Å². The molecule has 3 rings (SSSR count). The highest BCUT2D eigenvalue weighted by atomic mass is 19.1. The molecule has 30 heavy (non-hydrogen) atoms. The zero-order valence-corrected chi connectivity index (χ0v) is 16.8. The van der Waals surface area contributed by atoms with Gasteiger partial charge in [0.1, 0.15) is 11.6 Å². The van der Waals surface area contributed by atoms with Crippen LogP contribution in [0.5, 0.6) is 17.2 Å². The molecule has 1 heterocycles. The molecule has 0 radical (unpaired) electrons. The molecule has 3 aromatic rings. The summed E-state index contributed by atoms with van der Waals surface area (Å²) < 4.78 is 29.1. The van der Waals surface area contributed by atoms with Crippen LogP contribution in [0, 0.1) is 5.82 Å². The molecule has 0 amide bonds. The van der Waals surface area contributed by atoms with Crippen LogP contribution in [0.1, 0.15) is 15.9 Å². The summed E-state index contributed by atoms with van der Waals surface area (Å²) in [6, 6.07) is 12.6. The molecule has 0 fully saturated rings. The summed E-state index contributed by atoms with van der Waals surface area (Å²) in [6.45, 7) is 0. The van der Waals surface area contributed by atoms with Crippen LogP contribution >= 0.6 is 0 Å². The number of hydrogen-bond donors (Lipinski definition) is 1. The van der Waals surface area contributed by atoms with Crippen LogP contribution in [0.2, 0.25) is 0 Å². The Morgan fingerprint density at radius 3 is 2.27 bits per heavy atom. The highest BCUT2D eigenvalue weighted by Crippen LogP contribution is 2.38. The highest BCUT2D eigenvalue weighted by Gasteiger charge is 2.13. The minimum absolute atomic E-state index is 0.249. The number of ketones is 1. The van der Waals surface area contributed by atoms with Crippen LogP contribution in [-0.4, -0.2) is 32.1 Å². The lowest BCUT2D eigenvalue weighted by atomic mass is 10.1. The molecule has 0 unspecified atom stereocenters. The molecular formula is C23H21FN2O4. The van der Waals surface area contributed by atoms with E-state index in [0.29, 0.717) is 39.9 Å². The number of rotatable bonds is 8. The maximum absolute atomic E-state index is 13.1. The monoisotopic (exact) mass is 408 g/mol. The lowest BCUT2D eigenvalue weighted by Gasteiger charge is -2.12. The van der Waals surface area contributed by atoms with Gasteiger partial charge >= 0.3 is 0 Å². The number of ether oxygens (including phenoxy) is 3. The van der Waals surface area contributed by atoms with Gasteiger partial charge in [0.15, 0.2) is 17.3 Å². The number of aromatic nitrogens is 1. The molecule has 154 valence electrons. The standard InChI is InChI=1S/C23H21FN2O4/c1-28-20-13-15(14-21(29-2)22(20)30-3)6-11-19(27)18-5-4-12-25-23(18)26-17-9-7-16(24)8-10-17/h4-14H,1-3H3,(H,25,26)/b11-6+. The van der Waals surface area contributed by atoms with Crippen LogP contribution < -0.4 is 19.5 Å². The Balaban J connectivity index is 1.86. The number of methoxy groups -OCH3 is 3. The number of hydrogen-bond acceptors (Lipinski definition) is 6. The van der Waals surface area contributed by atoms with Gasteiger partial charge in [-0.05, 0) is 60.2 Å². The van der Waals surface area contributed by atoms with Crippen LogP contribution in [0.4, 0.5) is 15.9 Å². The van der Waals surface area contributed by atoms with E-state index < -0.39 is 0 Å². The second-order valence-corrected chi connectivity index (χ2v) is 6.19. The summed E-state index contributed by atoms with van der Waals surface area (Å²) in [4.78, 5) is 17.0. The third-order valence-corrected chi connectivity index (χ3v) is 4.29. The average molecular weight is 408 g/mol. The Labute approximate surface area is 173 Å². The minimum atomic E-state index is -0.342. The number of carbonyl (C=O) groups excluding carboxylic acids is 1. The third kappa shape index (κ3) is 4.75. The van der Waals surface area contributed by atoms with Crippen molar-refractivity contribution < 1.29 is 23.4 Å². The number of allylic oxidation sites excluding steroid dienone is 1. The molecule has 1 N–H and O–H groups in total. The fourth-order valence-electron chi connectivity index (χ4n) is 2.83. The summed E-state index contributed by atoms with van der Waals surface area (Å²) >= 11 is 0. The number of carbonyl (C=O) groups is 1.